The van der Waals surface area contributed by atoms with Gasteiger partial charge in [-0.3, -0.25) is 0 Å². The van der Waals surface area contributed by atoms with Crippen molar-refractivity contribution in [3.05, 3.63) is 29.3 Å². The van der Waals surface area contributed by atoms with E-state index < -0.39 is 12.1 Å². The molecule has 1 heterocycles. The minimum atomic E-state index is -4.09. The van der Waals surface area contributed by atoms with E-state index in [0.717, 1.165) is 16.8 Å². The largest absolute Gasteiger partial charge is 0.393 e. The van der Waals surface area contributed by atoms with E-state index in [2.05, 4.69) is 0 Å². The van der Waals surface area contributed by atoms with Gasteiger partial charge in [0.05, 0.1) is 5.92 Å². The molecule has 0 radical (unpaired) electrons. The second-order valence-corrected chi connectivity index (χ2v) is 5.14. The molecule has 2 nitrogen and oxygen atoms in total. The van der Waals surface area contributed by atoms with E-state index in [-0.39, 0.29) is 37.8 Å². The maximum absolute atomic E-state index is 12.8. The van der Waals surface area contributed by atoms with Crippen LogP contribution in [0.4, 0.5) is 18.9 Å². The molecule has 1 unspecified atom stereocenters. The predicted octanol–water partition coefficient (Wildman–Crippen LogP) is 4.08. The van der Waals surface area contributed by atoms with Crippen LogP contribution in [0.1, 0.15) is 24.0 Å². The Hall–Kier alpha value is -0.650. The van der Waals surface area contributed by atoms with Crippen LogP contribution in [-0.4, -0.2) is 19.3 Å². The smallest absolute Gasteiger partial charge is 0.371 e. The summed E-state index contributed by atoms with van der Waals surface area (Å²) in [5.74, 6) is -1.21. The summed E-state index contributed by atoms with van der Waals surface area (Å²) in [6.07, 6.45) is -3.27. The molecule has 1 aliphatic rings. The minimum Gasteiger partial charge on any atom is -0.371 e. The van der Waals surface area contributed by atoms with Gasteiger partial charge < -0.3 is 10.6 Å². The van der Waals surface area contributed by atoms with Crippen molar-refractivity contribution in [2.24, 2.45) is 11.7 Å². The van der Waals surface area contributed by atoms with Gasteiger partial charge in [0.1, 0.15) is 0 Å². The lowest BCUT2D eigenvalue weighted by molar-refractivity contribution is -0.175. The first-order chi connectivity index (χ1) is 8.91. The Morgan fingerprint density at radius 1 is 1.29 bits per heavy atom. The van der Waals surface area contributed by atoms with E-state index in [4.69, 9.17) is 5.73 Å². The molecule has 0 aliphatic carbocycles. The van der Waals surface area contributed by atoms with Gasteiger partial charge in [0.2, 0.25) is 0 Å². The number of nitrogens with two attached hydrogens (primary N) is 1. The van der Waals surface area contributed by atoms with Gasteiger partial charge >= 0.3 is 6.18 Å². The lowest BCUT2D eigenvalue weighted by Gasteiger charge is -2.35. The normalized spacial score (nSPS) is 18.7. The highest BCUT2D eigenvalue weighted by Gasteiger charge is 2.41. The number of halogens is 5. The molecule has 0 spiro atoms. The Labute approximate surface area is 135 Å². The van der Waals surface area contributed by atoms with Gasteiger partial charge in [0, 0.05) is 25.3 Å². The molecule has 2 N–H and O–H groups in total. The van der Waals surface area contributed by atoms with Crippen LogP contribution in [0.2, 0.25) is 0 Å². The first-order valence-electron chi connectivity index (χ1n) is 6.53. The fourth-order valence-electron chi connectivity index (χ4n) is 2.58. The van der Waals surface area contributed by atoms with Crippen LogP contribution in [0.15, 0.2) is 18.2 Å². The molecule has 1 fully saturated rings. The molecule has 0 amide bonds. The summed E-state index contributed by atoms with van der Waals surface area (Å²) >= 11 is 0. The SMILES string of the molecule is Cc1cc(N2CCCC(C(F)(F)F)C2)ccc1CN.Cl.Cl. The van der Waals surface area contributed by atoms with Gasteiger partial charge in [-0.05, 0) is 43.0 Å². The summed E-state index contributed by atoms with van der Waals surface area (Å²) in [7, 11) is 0. The van der Waals surface area contributed by atoms with Crippen LogP contribution in [-0.2, 0) is 6.54 Å². The van der Waals surface area contributed by atoms with Crippen LogP contribution < -0.4 is 10.6 Å². The molecule has 1 aromatic rings. The van der Waals surface area contributed by atoms with E-state index >= 15 is 0 Å². The van der Waals surface area contributed by atoms with Gasteiger partial charge in [-0.1, -0.05) is 6.07 Å². The number of aryl methyl sites for hydroxylation is 1. The third kappa shape index (κ3) is 4.94. The van der Waals surface area contributed by atoms with Crippen LogP contribution in [0.25, 0.3) is 0 Å². The van der Waals surface area contributed by atoms with Gasteiger partial charge in [-0.25, -0.2) is 0 Å². The number of benzene rings is 1. The number of rotatable bonds is 2. The Morgan fingerprint density at radius 3 is 2.48 bits per heavy atom. The standard InChI is InChI=1S/C14H19F3N2.2ClH/c1-10-7-13(5-4-11(10)8-18)19-6-2-3-12(9-19)14(15,16)17;;/h4-5,7,12H,2-3,6,8-9,18H2,1H3;2*1H. The van der Waals surface area contributed by atoms with Crippen molar-refractivity contribution in [3.8, 4) is 0 Å². The first kappa shape index (κ1) is 20.3. The Balaban J connectivity index is 0.00000200. The molecule has 0 aromatic heterocycles. The molecule has 1 atom stereocenters. The summed E-state index contributed by atoms with van der Waals surface area (Å²) in [5.41, 5.74) is 8.53. The summed E-state index contributed by atoms with van der Waals surface area (Å²) in [4.78, 5) is 1.83. The Bertz CT molecular complexity index is 452. The van der Waals surface area contributed by atoms with Crippen molar-refractivity contribution < 1.29 is 13.2 Å². The van der Waals surface area contributed by atoms with Crippen LogP contribution in [0.3, 0.4) is 0 Å². The molecule has 0 saturated carbocycles. The second kappa shape index (κ2) is 8.11. The van der Waals surface area contributed by atoms with Crippen molar-refractivity contribution in [2.45, 2.75) is 32.5 Å². The highest BCUT2D eigenvalue weighted by atomic mass is 35.5. The number of anilines is 1. The van der Waals surface area contributed by atoms with Crippen LogP contribution in [0.5, 0.6) is 0 Å². The number of nitrogens with zero attached hydrogens (tertiary/aromatic N) is 1. The average molecular weight is 345 g/mol. The van der Waals surface area contributed by atoms with E-state index in [9.17, 15) is 13.2 Å². The van der Waals surface area contributed by atoms with Crippen LogP contribution >= 0.6 is 24.8 Å². The average Bonchev–Trinajstić information content (AvgIpc) is 2.38. The highest BCUT2D eigenvalue weighted by Crippen LogP contribution is 2.35. The molecule has 2 rings (SSSR count). The molecule has 1 saturated heterocycles. The zero-order valence-corrected chi connectivity index (χ0v) is 13.5. The quantitative estimate of drug-likeness (QED) is 0.875. The zero-order valence-electron chi connectivity index (χ0n) is 11.8. The third-order valence-electron chi connectivity index (χ3n) is 3.80. The maximum Gasteiger partial charge on any atom is 0.393 e. The summed E-state index contributed by atoms with van der Waals surface area (Å²) in [6, 6.07) is 5.71. The molecule has 1 aromatic carbocycles. The van der Waals surface area contributed by atoms with Gasteiger partial charge in [0.25, 0.3) is 0 Å². The minimum absolute atomic E-state index is 0. The summed E-state index contributed by atoms with van der Waals surface area (Å²) in [6.45, 7) is 3.15. The highest BCUT2D eigenvalue weighted by molar-refractivity contribution is 5.85. The lowest BCUT2D eigenvalue weighted by Crippen LogP contribution is -2.41. The van der Waals surface area contributed by atoms with Gasteiger partial charge in [-0.15, -0.1) is 24.8 Å². The van der Waals surface area contributed by atoms with Crippen molar-refractivity contribution in [1.29, 1.82) is 0 Å². The van der Waals surface area contributed by atoms with Crippen LogP contribution in [0, 0.1) is 12.8 Å². The van der Waals surface area contributed by atoms with E-state index in [1.54, 1.807) is 0 Å². The fourth-order valence-corrected chi connectivity index (χ4v) is 2.58. The monoisotopic (exact) mass is 344 g/mol. The van der Waals surface area contributed by atoms with Crippen molar-refractivity contribution >= 4 is 30.5 Å². The van der Waals surface area contributed by atoms with Crippen molar-refractivity contribution in [2.75, 3.05) is 18.0 Å². The summed E-state index contributed by atoms with van der Waals surface area (Å²) < 4.78 is 38.4. The first-order valence-corrected chi connectivity index (χ1v) is 6.53. The predicted molar refractivity (Wildman–Crippen MR) is 84.6 cm³/mol. The topological polar surface area (TPSA) is 29.3 Å². The fraction of sp³-hybridized carbons (Fsp3) is 0.571. The number of hydrogen-bond donors (Lipinski definition) is 1. The lowest BCUT2D eigenvalue weighted by atomic mass is 9.96. The van der Waals surface area contributed by atoms with Crippen molar-refractivity contribution in [3.63, 3.8) is 0 Å². The maximum atomic E-state index is 12.8. The Morgan fingerprint density at radius 2 is 1.95 bits per heavy atom. The van der Waals surface area contributed by atoms with Gasteiger partial charge in [-0.2, -0.15) is 13.2 Å². The third-order valence-corrected chi connectivity index (χ3v) is 3.80. The van der Waals surface area contributed by atoms with Crippen molar-refractivity contribution in [1.82, 2.24) is 0 Å². The number of alkyl halides is 3. The molecule has 0 bridgehead atoms. The molecule has 21 heavy (non-hydrogen) atoms. The van der Waals surface area contributed by atoms with E-state index in [1.807, 2.05) is 30.0 Å². The van der Waals surface area contributed by atoms with E-state index in [0.29, 0.717) is 19.5 Å². The molecule has 1 aliphatic heterocycles. The second-order valence-electron chi connectivity index (χ2n) is 5.14. The van der Waals surface area contributed by atoms with E-state index in [1.165, 1.54) is 0 Å². The summed E-state index contributed by atoms with van der Waals surface area (Å²) in [5, 5.41) is 0. The number of piperidine rings is 1. The molecular formula is C14H21Cl2F3N2. The molecular weight excluding hydrogens is 324 g/mol. The molecule has 122 valence electrons. The Kier molecular flexibility index (Phi) is 7.86. The van der Waals surface area contributed by atoms with Gasteiger partial charge in [0.15, 0.2) is 0 Å². The molecule has 7 heteroatoms. The zero-order chi connectivity index (χ0) is 14.0. The number of hydrogen-bond acceptors (Lipinski definition) is 2.